The molecule has 2 atom stereocenters. The first-order chi connectivity index (χ1) is 7.25. The van der Waals surface area contributed by atoms with E-state index in [1.54, 1.807) is 0 Å². The van der Waals surface area contributed by atoms with Crippen LogP contribution in [0.4, 0.5) is 5.82 Å². The third-order valence-electron chi connectivity index (χ3n) is 3.82. The molecule has 0 radical (unpaired) electrons. The lowest BCUT2D eigenvalue weighted by Gasteiger charge is -2.29. The zero-order valence-electron chi connectivity index (χ0n) is 9.53. The van der Waals surface area contributed by atoms with E-state index in [0.29, 0.717) is 12.1 Å². The van der Waals surface area contributed by atoms with Crippen LogP contribution >= 0.6 is 0 Å². The highest BCUT2D eigenvalue weighted by molar-refractivity contribution is 5.48. The molecule has 3 rings (SSSR count). The second kappa shape index (κ2) is 3.26. The molecular weight excluding hydrogens is 186 g/mol. The second-order valence-electron chi connectivity index (χ2n) is 5.20. The molecule has 3 heteroatoms. The molecule has 1 N–H and O–H groups in total. The molecule has 82 valence electrons. The highest BCUT2D eigenvalue weighted by Crippen LogP contribution is 2.38. The summed E-state index contributed by atoms with van der Waals surface area (Å²) in [5, 5.41) is 8.17. The van der Waals surface area contributed by atoms with Crippen LogP contribution in [0.1, 0.15) is 44.7 Å². The van der Waals surface area contributed by atoms with E-state index in [2.05, 4.69) is 35.1 Å². The van der Waals surface area contributed by atoms with Crippen molar-refractivity contribution in [2.75, 3.05) is 5.32 Å². The van der Waals surface area contributed by atoms with Crippen molar-refractivity contribution in [3.05, 3.63) is 11.8 Å². The van der Waals surface area contributed by atoms with Gasteiger partial charge >= 0.3 is 0 Å². The molecular formula is C12H19N3. The number of fused-ring (bicyclic) bond motifs is 2. The van der Waals surface area contributed by atoms with Gasteiger partial charge in [0.2, 0.25) is 0 Å². The van der Waals surface area contributed by atoms with Gasteiger partial charge in [-0.3, -0.25) is 0 Å². The van der Waals surface area contributed by atoms with Crippen molar-refractivity contribution in [3.63, 3.8) is 0 Å². The Morgan fingerprint density at radius 2 is 2.33 bits per heavy atom. The first kappa shape index (κ1) is 9.25. The van der Waals surface area contributed by atoms with Crippen molar-refractivity contribution in [2.24, 2.45) is 5.92 Å². The Hall–Kier alpha value is -0.990. The van der Waals surface area contributed by atoms with Crippen molar-refractivity contribution in [1.29, 1.82) is 0 Å². The van der Waals surface area contributed by atoms with Gasteiger partial charge < -0.3 is 5.32 Å². The zero-order valence-corrected chi connectivity index (χ0v) is 9.53. The summed E-state index contributed by atoms with van der Waals surface area (Å²) in [5.41, 5.74) is 1.42. The molecule has 1 aliphatic heterocycles. The number of hydrogen-bond donors (Lipinski definition) is 1. The van der Waals surface area contributed by atoms with Crippen LogP contribution in [-0.4, -0.2) is 15.8 Å². The minimum atomic E-state index is 0.458. The molecule has 0 amide bonds. The standard InChI is InChI=1S/C12H19N3/c1-8(2)15-12-10(7-13-15)6-9-4-3-5-11(9)14-12/h7-9,11,14H,3-6H2,1-2H3/t9-,11-/m0/s1. The summed E-state index contributed by atoms with van der Waals surface area (Å²) in [5.74, 6) is 2.15. The third-order valence-corrected chi connectivity index (χ3v) is 3.82. The normalized spacial score (nSPS) is 28.7. The minimum Gasteiger partial charge on any atom is -0.367 e. The number of nitrogens with one attached hydrogen (secondary N) is 1. The van der Waals surface area contributed by atoms with Gasteiger partial charge in [-0.1, -0.05) is 6.42 Å². The maximum atomic E-state index is 4.48. The Labute approximate surface area is 90.9 Å². The van der Waals surface area contributed by atoms with Crippen LogP contribution in [0.2, 0.25) is 0 Å². The minimum absolute atomic E-state index is 0.458. The van der Waals surface area contributed by atoms with Crippen molar-refractivity contribution < 1.29 is 0 Å². The van der Waals surface area contributed by atoms with Gasteiger partial charge in [0.15, 0.2) is 0 Å². The van der Waals surface area contributed by atoms with Gasteiger partial charge in [-0.2, -0.15) is 5.10 Å². The molecule has 3 nitrogen and oxygen atoms in total. The largest absolute Gasteiger partial charge is 0.367 e. The van der Waals surface area contributed by atoms with Gasteiger partial charge in [-0.05, 0) is 39.0 Å². The number of hydrogen-bond acceptors (Lipinski definition) is 2. The average molecular weight is 205 g/mol. The quantitative estimate of drug-likeness (QED) is 0.763. The zero-order chi connectivity index (χ0) is 10.4. The summed E-state index contributed by atoms with van der Waals surface area (Å²) in [7, 11) is 0. The van der Waals surface area contributed by atoms with Crippen molar-refractivity contribution in [2.45, 2.75) is 51.6 Å². The molecule has 2 aliphatic rings. The number of rotatable bonds is 1. The Morgan fingerprint density at radius 3 is 3.13 bits per heavy atom. The molecule has 0 saturated heterocycles. The van der Waals surface area contributed by atoms with E-state index < -0.39 is 0 Å². The van der Waals surface area contributed by atoms with Crippen LogP contribution in [0.5, 0.6) is 0 Å². The Bertz CT molecular complexity index is 367. The van der Waals surface area contributed by atoms with E-state index in [1.165, 1.54) is 37.1 Å². The summed E-state index contributed by atoms with van der Waals surface area (Å²) in [6.45, 7) is 4.38. The summed E-state index contributed by atoms with van der Waals surface area (Å²) in [6.07, 6.45) is 7.41. The predicted octanol–water partition coefficient (Wildman–Crippen LogP) is 2.60. The Morgan fingerprint density at radius 1 is 1.47 bits per heavy atom. The van der Waals surface area contributed by atoms with E-state index in [1.807, 2.05) is 0 Å². The summed E-state index contributed by atoms with van der Waals surface area (Å²) in [6, 6.07) is 1.17. The highest BCUT2D eigenvalue weighted by Gasteiger charge is 2.33. The maximum absolute atomic E-state index is 4.48. The fraction of sp³-hybridized carbons (Fsp3) is 0.750. The number of aromatic nitrogens is 2. The molecule has 1 aliphatic carbocycles. The van der Waals surface area contributed by atoms with Crippen LogP contribution in [0, 0.1) is 5.92 Å². The fourth-order valence-electron chi connectivity index (χ4n) is 3.03. The summed E-state index contributed by atoms with van der Waals surface area (Å²) >= 11 is 0. The predicted molar refractivity (Wildman–Crippen MR) is 61.1 cm³/mol. The van der Waals surface area contributed by atoms with E-state index >= 15 is 0 Å². The van der Waals surface area contributed by atoms with Crippen LogP contribution in [0.15, 0.2) is 6.20 Å². The summed E-state index contributed by atoms with van der Waals surface area (Å²) in [4.78, 5) is 0. The fourth-order valence-corrected chi connectivity index (χ4v) is 3.03. The SMILES string of the molecule is CC(C)n1ncc2c1N[C@H]1CCC[C@H]1C2. The average Bonchev–Trinajstić information content (AvgIpc) is 2.77. The van der Waals surface area contributed by atoms with Crippen LogP contribution in [0.25, 0.3) is 0 Å². The van der Waals surface area contributed by atoms with Gasteiger partial charge in [0.1, 0.15) is 5.82 Å². The first-order valence-corrected chi connectivity index (χ1v) is 6.08. The van der Waals surface area contributed by atoms with Crippen molar-refractivity contribution >= 4 is 5.82 Å². The lowest BCUT2D eigenvalue weighted by atomic mass is 9.92. The first-order valence-electron chi connectivity index (χ1n) is 6.08. The van der Waals surface area contributed by atoms with Crippen LogP contribution in [0.3, 0.4) is 0 Å². The van der Waals surface area contributed by atoms with Gasteiger partial charge in [0, 0.05) is 17.6 Å². The Balaban J connectivity index is 1.95. The van der Waals surface area contributed by atoms with Gasteiger partial charge in [-0.15, -0.1) is 0 Å². The molecule has 1 fully saturated rings. The van der Waals surface area contributed by atoms with Crippen LogP contribution < -0.4 is 5.32 Å². The second-order valence-corrected chi connectivity index (χ2v) is 5.20. The molecule has 0 aromatic carbocycles. The van der Waals surface area contributed by atoms with Crippen molar-refractivity contribution in [1.82, 2.24) is 9.78 Å². The lowest BCUT2D eigenvalue weighted by Crippen LogP contribution is -2.31. The molecule has 1 aromatic rings. The third kappa shape index (κ3) is 1.36. The maximum Gasteiger partial charge on any atom is 0.128 e. The van der Waals surface area contributed by atoms with Gasteiger partial charge in [0.25, 0.3) is 0 Å². The number of nitrogens with zero attached hydrogens (tertiary/aromatic N) is 2. The number of anilines is 1. The topological polar surface area (TPSA) is 29.9 Å². The van der Waals surface area contributed by atoms with E-state index in [-0.39, 0.29) is 0 Å². The molecule has 0 bridgehead atoms. The lowest BCUT2D eigenvalue weighted by molar-refractivity contribution is 0.470. The molecule has 15 heavy (non-hydrogen) atoms. The molecule has 1 aromatic heterocycles. The Kier molecular flexibility index (Phi) is 2.01. The molecule has 2 heterocycles. The smallest absolute Gasteiger partial charge is 0.128 e. The molecule has 0 unspecified atom stereocenters. The summed E-state index contributed by atoms with van der Waals surface area (Å²) < 4.78 is 2.13. The molecule has 1 saturated carbocycles. The van der Waals surface area contributed by atoms with Crippen molar-refractivity contribution in [3.8, 4) is 0 Å². The molecule has 0 spiro atoms. The van der Waals surface area contributed by atoms with E-state index in [9.17, 15) is 0 Å². The van der Waals surface area contributed by atoms with E-state index in [4.69, 9.17) is 0 Å². The van der Waals surface area contributed by atoms with Crippen LogP contribution in [-0.2, 0) is 6.42 Å². The van der Waals surface area contributed by atoms with Gasteiger partial charge in [0.05, 0.1) is 6.20 Å². The van der Waals surface area contributed by atoms with Gasteiger partial charge in [-0.25, -0.2) is 4.68 Å². The monoisotopic (exact) mass is 205 g/mol. The van der Waals surface area contributed by atoms with E-state index in [0.717, 1.165) is 5.92 Å². The highest BCUT2D eigenvalue weighted by atomic mass is 15.3.